The summed E-state index contributed by atoms with van der Waals surface area (Å²) in [7, 11) is 2.10. The summed E-state index contributed by atoms with van der Waals surface area (Å²) in [6.45, 7) is 3.00. The Labute approximate surface area is 98.6 Å². The van der Waals surface area contributed by atoms with E-state index in [1.807, 2.05) is 0 Å². The highest BCUT2D eigenvalue weighted by Crippen LogP contribution is 2.28. The van der Waals surface area contributed by atoms with Crippen molar-refractivity contribution in [1.29, 1.82) is 0 Å². The largest absolute Gasteiger partial charge is 0.391 e. The molecular weight excluding hydrogens is 210 g/mol. The van der Waals surface area contributed by atoms with Gasteiger partial charge in [0.25, 0.3) is 0 Å². The lowest BCUT2D eigenvalue weighted by molar-refractivity contribution is 0.0955. The summed E-state index contributed by atoms with van der Waals surface area (Å²) in [6, 6.07) is 0.658. The van der Waals surface area contributed by atoms with Crippen LogP contribution in [0.25, 0.3) is 0 Å². The molecule has 0 aliphatic heterocycles. The van der Waals surface area contributed by atoms with Gasteiger partial charge in [-0.1, -0.05) is 13.3 Å². The normalized spacial score (nSPS) is 29.4. The first-order valence-electron chi connectivity index (χ1n) is 6.11. The van der Waals surface area contributed by atoms with Crippen molar-refractivity contribution in [2.45, 2.75) is 51.2 Å². The summed E-state index contributed by atoms with van der Waals surface area (Å²) in [5, 5.41) is 9.48. The van der Waals surface area contributed by atoms with Crippen molar-refractivity contribution in [3.63, 3.8) is 0 Å². The Balaban J connectivity index is 2.26. The lowest BCUT2D eigenvalue weighted by Crippen LogP contribution is -2.40. The van der Waals surface area contributed by atoms with Crippen molar-refractivity contribution in [3.8, 4) is 0 Å². The fourth-order valence-corrected chi connectivity index (χ4v) is 2.62. The Morgan fingerprint density at radius 1 is 1.33 bits per heavy atom. The molecule has 0 bridgehead atoms. The maximum absolute atomic E-state index is 9.48. The Morgan fingerprint density at radius 3 is 2.40 bits per heavy atom. The van der Waals surface area contributed by atoms with Gasteiger partial charge in [0, 0.05) is 18.5 Å². The smallest absolute Gasteiger partial charge is 0.0802 e. The van der Waals surface area contributed by atoms with E-state index in [-0.39, 0.29) is 6.10 Å². The summed E-state index contributed by atoms with van der Waals surface area (Å²) in [4.78, 5) is 2.28. The minimum atomic E-state index is -0.374. The standard InChI is InChI=1S/C12H24ClNO/c1-3-10-4-6-11(7-5-10)14(2)9-12(15)8-13/h10-12,15H,3-9H2,1-2H3. The third-order valence-corrected chi connectivity index (χ3v) is 4.05. The summed E-state index contributed by atoms with van der Waals surface area (Å²) < 4.78 is 0. The Morgan fingerprint density at radius 2 is 1.93 bits per heavy atom. The summed E-state index contributed by atoms with van der Waals surface area (Å²) in [5.74, 6) is 1.28. The van der Waals surface area contributed by atoms with E-state index in [2.05, 4.69) is 18.9 Å². The number of halogens is 1. The number of nitrogens with zero attached hydrogens (tertiary/aromatic N) is 1. The van der Waals surface area contributed by atoms with E-state index >= 15 is 0 Å². The van der Waals surface area contributed by atoms with E-state index in [1.54, 1.807) is 0 Å². The molecule has 90 valence electrons. The second-order valence-corrected chi connectivity index (χ2v) is 5.14. The van der Waals surface area contributed by atoms with Gasteiger partial charge in [-0.25, -0.2) is 0 Å². The van der Waals surface area contributed by atoms with Crippen LogP contribution in [0.5, 0.6) is 0 Å². The fourth-order valence-electron chi connectivity index (χ4n) is 2.52. The van der Waals surface area contributed by atoms with Crippen molar-refractivity contribution in [2.24, 2.45) is 5.92 Å². The molecule has 0 aromatic rings. The molecular formula is C12H24ClNO. The molecule has 1 saturated carbocycles. The number of aliphatic hydroxyl groups excluding tert-OH is 1. The van der Waals surface area contributed by atoms with Gasteiger partial charge in [-0.3, -0.25) is 0 Å². The molecule has 0 aromatic carbocycles. The van der Waals surface area contributed by atoms with E-state index in [4.69, 9.17) is 11.6 Å². The van der Waals surface area contributed by atoms with Gasteiger partial charge in [0.1, 0.15) is 0 Å². The first-order valence-corrected chi connectivity index (χ1v) is 6.65. The number of rotatable bonds is 5. The molecule has 0 amide bonds. The number of hydrogen-bond donors (Lipinski definition) is 1. The fraction of sp³-hybridized carbons (Fsp3) is 1.00. The zero-order chi connectivity index (χ0) is 11.3. The van der Waals surface area contributed by atoms with Gasteiger partial charge in [-0.05, 0) is 38.6 Å². The number of aliphatic hydroxyl groups is 1. The van der Waals surface area contributed by atoms with Gasteiger partial charge in [-0.2, -0.15) is 0 Å². The predicted molar refractivity (Wildman–Crippen MR) is 65.4 cm³/mol. The molecule has 15 heavy (non-hydrogen) atoms. The highest BCUT2D eigenvalue weighted by atomic mass is 35.5. The SMILES string of the molecule is CCC1CCC(N(C)CC(O)CCl)CC1. The van der Waals surface area contributed by atoms with Gasteiger partial charge in [-0.15, -0.1) is 11.6 Å². The van der Waals surface area contributed by atoms with Gasteiger partial charge < -0.3 is 10.0 Å². The molecule has 3 heteroatoms. The first kappa shape index (κ1) is 13.3. The molecule has 0 saturated heterocycles. The molecule has 1 atom stereocenters. The second-order valence-electron chi connectivity index (χ2n) is 4.83. The summed E-state index contributed by atoms with van der Waals surface area (Å²) in [6.07, 6.45) is 6.21. The lowest BCUT2D eigenvalue weighted by Gasteiger charge is -2.35. The molecule has 2 nitrogen and oxygen atoms in total. The molecule has 1 fully saturated rings. The van der Waals surface area contributed by atoms with Crippen LogP contribution in [-0.2, 0) is 0 Å². The van der Waals surface area contributed by atoms with Crippen LogP contribution in [0.15, 0.2) is 0 Å². The van der Waals surface area contributed by atoms with Crippen LogP contribution in [0.2, 0.25) is 0 Å². The van der Waals surface area contributed by atoms with E-state index < -0.39 is 0 Å². The van der Waals surface area contributed by atoms with Gasteiger partial charge in [0.05, 0.1) is 6.10 Å². The molecule has 1 N–H and O–H groups in total. The number of likely N-dealkylation sites (N-methyl/N-ethyl adjacent to an activating group) is 1. The molecule has 0 heterocycles. The number of hydrogen-bond acceptors (Lipinski definition) is 2. The lowest BCUT2D eigenvalue weighted by atomic mass is 9.84. The van der Waals surface area contributed by atoms with Crippen molar-refractivity contribution >= 4 is 11.6 Å². The van der Waals surface area contributed by atoms with Crippen molar-refractivity contribution < 1.29 is 5.11 Å². The average molecular weight is 234 g/mol. The highest BCUT2D eigenvalue weighted by molar-refractivity contribution is 6.18. The molecule has 0 aromatic heterocycles. The predicted octanol–water partition coefficient (Wildman–Crippen LogP) is 2.49. The molecule has 1 aliphatic rings. The van der Waals surface area contributed by atoms with E-state index in [0.717, 1.165) is 5.92 Å². The van der Waals surface area contributed by atoms with Crippen molar-refractivity contribution in [2.75, 3.05) is 19.5 Å². The minimum absolute atomic E-state index is 0.342. The third-order valence-electron chi connectivity index (χ3n) is 3.69. The molecule has 1 unspecified atom stereocenters. The summed E-state index contributed by atoms with van der Waals surface area (Å²) >= 11 is 5.60. The highest BCUT2D eigenvalue weighted by Gasteiger charge is 2.23. The topological polar surface area (TPSA) is 23.5 Å². The van der Waals surface area contributed by atoms with Crippen LogP contribution in [-0.4, -0.2) is 41.6 Å². The average Bonchev–Trinajstić information content (AvgIpc) is 2.29. The van der Waals surface area contributed by atoms with Crippen LogP contribution in [0.1, 0.15) is 39.0 Å². The Kier molecular flexibility index (Phi) is 5.95. The third kappa shape index (κ3) is 4.29. The molecule has 0 spiro atoms. The molecule has 0 radical (unpaired) electrons. The van der Waals surface area contributed by atoms with Crippen molar-refractivity contribution in [3.05, 3.63) is 0 Å². The minimum Gasteiger partial charge on any atom is -0.391 e. The Hall–Kier alpha value is 0.210. The van der Waals surface area contributed by atoms with Crippen LogP contribution < -0.4 is 0 Å². The van der Waals surface area contributed by atoms with Crippen LogP contribution in [0, 0.1) is 5.92 Å². The van der Waals surface area contributed by atoms with Crippen molar-refractivity contribution in [1.82, 2.24) is 4.90 Å². The second kappa shape index (κ2) is 6.72. The Bertz CT molecular complexity index is 169. The molecule has 1 aliphatic carbocycles. The summed E-state index contributed by atoms with van der Waals surface area (Å²) in [5.41, 5.74) is 0. The zero-order valence-electron chi connectivity index (χ0n) is 9.95. The molecule has 1 rings (SSSR count). The van der Waals surface area contributed by atoms with E-state index in [0.29, 0.717) is 18.5 Å². The quantitative estimate of drug-likeness (QED) is 0.738. The van der Waals surface area contributed by atoms with Gasteiger partial charge in [0.2, 0.25) is 0 Å². The van der Waals surface area contributed by atoms with Crippen LogP contribution in [0.4, 0.5) is 0 Å². The van der Waals surface area contributed by atoms with Gasteiger partial charge in [0.15, 0.2) is 0 Å². The monoisotopic (exact) mass is 233 g/mol. The maximum Gasteiger partial charge on any atom is 0.0802 e. The van der Waals surface area contributed by atoms with Crippen LogP contribution >= 0.6 is 11.6 Å². The maximum atomic E-state index is 9.48. The van der Waals surface area contributed by atoms with E-state index in [9.17, 15) is 5.11 Å². The zero-order valence-corrected chi connectivity index (χ0v) is 10.7. The van der Waals surface area contributed by atoms with E-state index in [1.165, 1.54) is 32.1 Å². The first-order chi connectivity index (χ1) is 7.17. The van der Waals surface area contributed by atoms with Crippen LogP contribution in [0.3, 0.4) is 0 Å². The van der Waals surface area contributed by atoms with Gasteiger partial charge >= 0.3 is 0 Å². The number of alkyl halides is 1.